The lowest BCUT2D eigenvalue weighted by Crippen LogP contribution is -2.37. The summed E-state index contributed by atoms with van der Waals surface area (Å²) >= 11 is 1.35. The smallest absolute Gasteiger partial charge is 0.252 e. The molecule has 4 rings (SSSR count). The van der Waals surface area contributed by atoms with E-state index in [-0.39, 0.29) is 35.1 Å². The first-order valence-corrected chi connectivity index (χ1v) is 12.1. The summed E-state index contributed by atoms with van der Waals surface area (Å²) in [6.07, 6.45) is 0.193. The fourth-order valence-corrected chi connectivity index (χ4v) is 7.69. The summed E-state index contributed by atoms with van der Waals surface area (Å²) in [6.45, 7) is 0. The van der Waals surface area contributed by atoms with Crippen molar-refractivity contribution in [3.05, 3.63) is 54.1 Å². The molecule has 2 fully saturated rings. The number of ether oxygens (including phenoxy) is 2. The molecule has 9 heteroatoms. The predicted molar refractivity (Wildman–Crippen MR) is 118 cm³/mol. The highest BCUT2D eigenvalue weighted by molar-refractivity contribution is 8.16. The van der Waals surface area contributed by atoms with E-state index in [0.29, 0.717) is 16.7 Å². The second kappa shape index (κ2) is 8.31. The van der Waals surface area contributed by atoms with Gasteiger partial charge >= 0.3 is 0 Å². The van der Waals surface area contributed by atoms with Gasteiger partial charge in [-0.1, -0.05) is 42.1 Å². The Morgan fingerprint density at radius 3 is 2.53 bits per heavy atom. The normalized spacial score (nSPS) is 23.4. The minimum atomic E-state index is -3.13. The van der Waals surface area contributed by atoms with Crippen LogP contribution in [0.4, 0.5) is 5.69 Å². The lowest BCUT2D eigenvalue weighted by molar-refractivity contribution is -0.117. The van der Waals surface area contributed by atoms with Gasteiger partial charge in [0.05, 0.1) is 38.2 Å². The van der Waals surface area contributed by atoms with Crippen molar-refractivity contribution in [2.45, 2.75) is 17.7 Å². The average Bonchev–Trinajstić information content (AvgIpc) is 3.18. The largest absolute Gasteiger partial charge is 0.493 e. The number of anilines is 1. The molecule has 1 amide bonds. The maximum absolute atomic E-state index is 12.6. The number of fused-ring (bicyclic) bond motifs is 1. The zero-order chi connectivity index (χ0) is 21.3. The molecular weight excluding hydrogens is 424 g/mol. The predicted octanol–water partition coefficient (Wildman–Crippen LogP) is 2.55. The van der Waals surface area contributed by atoms with Crippen LogP contribution in [0.1, 0.15) is 5.56 Å². The number of amides is 1. The van der Waals surface area contributed by atoms with Gasteiger partial charge in [-0.15, -0.1) is 0 Å². The van der Waals surface area contributed by atoms with Crippen LogP contribution in [0, 0.1) is 0 Å². The van der Waals surface area contributed by atoms with Crippen LogP contribution < -0.4 is 14.4 Å². The molecule has 0 bridgehead atoms. The number of hydrogen-bond donors (Lipinski definition) is 0. The summed E-state index contributed by atoms with van der Waals surface area (Å²) in [5.74, 6) is 0.946. The maximum atomic E-state index is 12.6. The van der Waals surface area contributed by atoms with Crippen molar-refractivity contribution in [2.24, 2.45) is 4.99 Å². The van der Waals surface area contributed by atoms with Gasteiger partial charge in [0.2, 0.25) is 0 Å². The number of sulfone groups is 1. The Kier molecular flexibility index (Phi) is 5.75. The minimum absolute atomic E-state index is 0.0326. The SMILES string of the molecule is COc1ccc(N2C(=NC(=O)Cc3ccccc3)SC3CS(=O)(=O)CC32)cc1OC. The lowest BCUT2D eigenvalue weighted by Gasteiger charge is -2.25. The quantitative estimate of drug-likeness (QED) is 0.698. The molecule has 0 N–H and O–H groups in total. The van der Waals surface area contributed by atoms with Crippen molar-refractivity contribution < 1.29 is 22.7 Å². The van der Waals surface area contributed by atoms with E-state index in [0.717, 1.165) is 11.3 Å². The van der Waals surface area contributed by atoms with Gasteiger partial charge in [-0.05, 0) is 17.7 Å². The summed E-state index contributed by atoms with van der Waals surface area (Å²) in [4.78, 5) is 18.8. The second-order valence-corrected chi connectivity index (χ2v) is 10.5. The van der Waals surface area contributed by atoms with E-state index in [1.54, 1.807) is 26.4 Å². The van der Waals surface area contributed by atoms with Gasteiger partial charge in [0.25, 0.3) is 5.91 Å². The number of carbonyl (C=O) groups excluding carboxylic acids is 1. The fourth-order valence-electron chi connectivity index (χ4n) is 3.76. The van der Waals surface area contributed by atoms with E-state index >= 15 is 0 Å². The molecule has 2 aliphatic heterocycles. The van der Waals surface area contributed by atoms with Crippen LogP contribution in [-0.4, -0.2) is 56.5 Å². The lowest BCUT2D eigenvalue weighted by atomic mass is 10.1. The van der Waals surface area contributed by atoms with E-state index in [1.165, 1.54) is 11.8 Å². The van der Waals surface area contributed by atoms with E-state index in [4.69, 9.17) is 9.47 Å². The van der Waals surface area contributed by atoms with Crippen molar-refractivity contribution >= 4 is 38.4 Å². The highest BCUT2D eigenvalue weighted by Crippen LogP contribution is 2.43. The maximum Gasteiger partial charge on any atom is 0.252 e. The topological polar surface area (TPSA) is 85.3 Å². The van der Waals surface area contributed by atoms with Crippen LogP contribution in [0.2, 0.25) is 0 Å². The number of nitrogens with zero attached hydrogens (tertiary/aromatic N) is 2. The Morgan fingerprint density at radius 1 is 1.10 bits per heavy atom. The Labute approximate surface area is 180 Å². The molecule has 2 saturated heterocycles. The Balaban J connectivity index is 1.68. The van der Waals surface area contributed by atoms with Crippen molar-refractivity contribution in [1.29, 1.82) is 0 Å². The van der Waals surface area contributed by atoms with Gasteiger partial charge in [0, 0.05) is 17.0 Å². The number of aliphatic imine (C=N–C) groups is 1. The second-order valence-electron chi connectivity index (χ2n) is 7.16. The van der Waals surface area contributed by atoms with E-state index in [1.807, 2.05) is 41.3 Å². The summed E-state index contributed by atoms with van der Waals surface area (Å²) in [6, 6.07) is 14.5. The number of amidine groups is 1. The summed E-state index contributed by atoms with van der Waals surface area (Å²) in [7, 11) is -0.0370. The van der Waals surface area contributed by atoms with Crippen LogP contribution >= 0.6 is 11.8 Å². The van der Waals surface area contributed by atoms with E-state index in [9.17, 15) is 13.2 Å². The van der Waals surface area contributed by atoms with Gasteiger partial charge in [0.15, 0.2) is 26.5 Å². The standard InChI is InChI=1S/C21H22N2O5S2/c1-27-17-9-8-15(11-18(17)28-2)23-16-12-30(25,26)13-19(16)29-21(23)22-20(24)10-14-6-4-3-5-7-14/h3-9,11,16,19H,10,12-13H2,1-2H3. The monoisotopic (exact) mass is 446 g/mol. The van der Waals surface area contributed by atoms with Crippen LogP contribution in [0.3, 0.4) is 0 Å². The molecule has 2 heterocycles. The molecule has 0 saturated carbocycles. The van der Waals surface area contributed by atoms with Crippen molar-refractivity contribution in [3.8, 4) is 11.5 Å². The first-order chi connectivity index (χ1) is 14.4. The van der Waals surface area contributed by atoms with Crippen molar-refractivity contribution in [2.75, 3.05) is 30.6 Å². The van der Waals surface area contributed by atoms with E-state index < -0.39 is 9.84 Å². The summed E-state index contributed by atoms with van der Waals surface area (Å²) in [5.41, 5.74) is 1.60. The van der Waals surface area contributed by atoms with Gasteiger partial charge in [-0.2, -0.15) is 4.99 Å². The highest BCUT2D eigenvalue weighted by atomic mass is 32.2. The summed E-state index contributed by atoms with van der Waals surface area (Å²) < 4.78 is 35.1. The van der Waals surface area contributed by atoms with E-state index in [2.05, 4.69) is 4.99 Å². The molecule has 0 aliphatic carbocycles. The molecule has 158 valence electrons. The van der Waals surface area contributed by atoms with Gasteiger partial charge in [-0.3, -0.25) is 4.79 Å². The van der Waals surface area contributed by atoms with Crippen LogP contribution in [0.25, 0.3) is 0 Å². The molecule has 0 spiro atoms. The molecule has 2 aromatic rings. The van der Waals surface area contributed by atoms with Gasteiger partial charge in [0.1, 0.15) is 0 Å². The molecular formula is C21H22N2O5S2. The number of hydrogen-bond acceptors (Lipinski definition) is 6. The zero-order valence-electron chi connectivity index (χ0n) is 16.6. The average molecular weight is 447 g/mol. The number of carbonyl (C=O) groups is 1. The van der Waals surface area contributed by atoms with Crippen LogP contribution in [0.15, 0.2) is 53.5 Å². The number of rotatable bonds is 5. The van der Waals surface area contributed by atoms with Gasteiger partial charge < -0.3 is 14.4 Å². The highest BCUT2D eigenvalue weighted by Gasteiger charge is 2.49. The molecule has 2 aromatic carbocycles. The Bertz CT molecular complexity index is 1090. The van der Waals surface area contributed by atoms with Crippen LogP contribution in [-0.2, 0) is 21.1 Å². The summed E-state index contributed by atoms with van der Waals surface area (Å²) in [5, 5.41) is 0.361. The first-order valence-electron chi connectivity index (χ1n) is 9.44. The minimum Gasteiger partial charge on any atom is -0.493 e. The Morgan fingerprint density at radius 2 is 1.83 bits per heavy atom. The molecule has 2 unspecified atom stereocenters. The molecule has 0 radical (unpaired) electrons. The molecule has 2 aliphatic rings. The first kappa shape index (κ1) is 20.7. The number of benzene rings is 2. The third kappa shape index (κ3) is 4.17. The fraction of sp³-hybridized carbons (Fsp3) is 0.333. The Hall–Kier alpha value is -2.52. The molecule has 2 atom stereocenters. The molecule has 30 heavy (non-hydrogen) atoms. The molecule has 7 nitrogen and oxygen atoms in total. The van der Waals surface area contributed by atoms with Crippen molar-refractivity contribution in [1.82, 2.24) is 0 Å². The van der Waals surface area contributed by atoms with Crippen LogP contribution in [0.5, 0.6) is 11.5 Å². The zero-order valence-corrected chi connectivity index (χ0v) is 18.3. The van der Waals surface area contributed by atoms with Crippen molar-refractivity contribution in [3.63, 3.8) is 0 Å². The molecule has 0 aromatic heterocycles. The third-order valence-corrected chi connectivity index (χ3v) is 8.34. The van der Waals surface area contributed by atoms with Gasteiger partial charge in [-0.25, -0.2) is 8.42 Å². The number of thioether (sulfide) groups is 1. The number of methoxy groups -OCH3 is 2. The third-order valence-electron chi connectivity index (χ3n) is 5.13.